The Morgan fingerprint density at radius 3 is 2.52 bits per heavy atom. The summed E-state index contributed by atoms with van der Waals surface area (Å²) in [4.78, 5) is 0. The molecule has 4 nitrogen and oxygen atoms in total. The summed E-state index contributed by atoms with van der Waals surface area (Å²) < 4.78 is 12.1. The van der Waals surface area contributed by atoms with Crippen LogP contribution in [0, 0.1) is 0 Å². The first-order chi connectivity index (χ1) is 10.2. The molecule has 0 heterocycles. The molecular weight excluding hydrogens is 332 g/mol. The van der Waals surface area contributed by atoms with Crippen LogP contribution in [0.25, 0.3) is 0 Å². The van der Waals surface area contributed by atoms with Crippen LogP contribution in [0.1, 0.15) is 24.1 Å². The monoisotopic (exact) mass is 350 g/mol. The highest BCUT2D eigenvalue weighted by Gasteiger charge is 2.20. The Hall–Kier alpha value is -1.56. The van der Waals surface area contributed by atoms with Crippen molar-refractivity contribution in [1.29, 1.82) is 0 Å². The number of hydrogen-bond acceptors (Lipinski definition) is 4. The van der Waals surface area contributed by atoms with Crippen molar-refractivity contribution in [3.05, 3.63) is 58.1 Å². The third-order valence-corrected chi connectivity index (χ3v) is 3.70. The van der Waals surface area contributed by atoms with Gasteiger partial charge in [-0.1, -0.05) is 40.2 Å². The van der Waals surface area contributed by atoms with Gasteiger partial charge in [-0.05, 0) is 25.1 Å². The number of hydrogen-bond donors (Lipinski definition) is 2. The highest BCUT2D eigenvalue weighted by molar-refractivity contribution is 9.10. The van der Waals surface area contributed by atoms with Gasteiger partial charge in [0, 0.05) is 15.6 Å². The van der Waals surface area contributed by atoms with Crippen molar-refractivity contribution in [3.63, 3.8) is 0 Å². The van der Waals surface area contributed by atoms with Gasteiger partial charge in [0.2, 0.25) is 0 Å². The molecule has 1 atom stereocenters. The predicted molar refractivity (Wildman–Crippen MR) is 87.5 cm³/mol. The van der Waals surface area contributed by atoms with Crippen LogP contribution in [0.5, 0.6) is 11.5 Å². The number of nitrogens with two attached hydrogens (primary N) is 1. The first kappa shape index (κ1) is 15.8. The van der Waals surface area contributed by atoms with Gasteiger partial charge in [0.1, 0.15) is 11.5 Å². The van der Waals surface area contributed by atoms with Gasteiger partial charge in [-0.2, -0.15) is 0 Å². The number of nitrogens with one attached hydrogen (secondary N) is 1. The lowest BCUT2D eigenvalue weighted by Gasteiger charge is -2.22. The lowest BCUT2D eigenvalue weighted by atomic mass is 9.97. The number of benzene rings is 2. The molecule has 21 heavy (non-hydrogen) atoms. The molecule has 5 heteroatoms. The fourth-order valence-electron chi connectivity index (χ4n) is 2.28. The van der Waals surface area contributed by atoms with E-state index in [1.54, 1.807) is 7.11 Å². The van der Waals surface area contributed by atoms with Gasteiger partial charge in [-0.25, -0.2) is 5.43 Å². The van der Waals surface area contributed by atoms with Crippen LogP contribution < -0.4 is 20.7 Å². The predicted octanol–water partition coefficient (Wildman–Crippen LogP) is 3.41. The molecule has 0 amide bonds. The second-order valence-corrected chi connectivity index (χ2v) is 5.37. The molecule has 2 rings (SSSR count). The highest BCUT2D eigenvalue weighted by Crippen LogP contribution is 2.35. The topological polar surface area (TPSA) is 56.5 Å². The molecule has 0 aromatic heterocycles. The second kappa shape index (κ2) is 7.45. The fraction of sp³-hybridized carbons (Fsp3) is 0.250. The van der Waals surface area contributed by atoms with E-state index >= 15 is 0 Å². The summed E-state index contributed by atoms with van der Waals surface area (Å²) in [6.45, 7) is 2.56. The van der Waals surface area contributed by atoms with Gasteiger partial charge in [0.05, 0.1) is 19.8 Å². The molecule has 1 unspecified atom stereocenters. The van der Waals surface area contributed by atoms with Gasteiger partial charge < -0.3 is 9.47 Å². The van der Waals surface area contributed by atoms with Crippen molar-refractivity contribution in [1.82, 2.24) is 5.43 Å². The van der Waals surface area contributed by atoms with Crippen LogP contribution in [-0.2, 0) is 0 Å². The SMILES string of the molecule is CCOc1ccccc1C(NN)c1ccc(Br)cc1OC. The Labute approximate surface area is 133 Å². The van der Waals surface area contributed by atoms with Gasteiger partial charge in [-0.15, -0.1) is 0 Å². The largest absolute Gasteiger partial charge is 0.496 e. The zero-order valence-corrected chi connectivity index (χ0v) is 13.7. The van der Waals surface area contributed by atoms with Crippen molar-refractivity contribution in [2.75, 3.05) is 13.7 Å². The number of para-hydroxylation sites is 1. The average molecular weight is 351 g/mol. The Bertz CT molecular complexity index is 605. The number of halogens is 1. The zero-order chi connectivity index (χ0) is 15.2. The maximum Gasteiger partial charge on any atom is 0.125 e. The minimum Gasteiger partial charge on any atom is -0.496 e. The molecular formula is C16H19BrN2O2. The number of methoxy groups -OCH3 is 1. The van der Waals surface area contributed by atoms with E-state index in [-0.39, 0.29) is 6.04 Å². The van der Waals surface area contributed by atoms with Gasteiger partial charge in [0.15, 0.2) is 0 Å². The van der Waals surface area contributed by atoms with Crippen LogP contribution in [-0.4, -0.2) is 13.7 Å². The Morgan fingerprint density at radius 2 is 1.86 bits per heavy atom. The molecule has 0 radical (unpaired) electrons. The quantitative estimate of drug-likeness (QED) is 0.619. The minimum atomic E-state index is -0.212. The van der Waals surface area contributed by atoms with E-state index in [9.17, 15) is 0 Å². The van der Waals surface area contributed by atoms with E-state index in [0.29, 0.717) is 6.61 Å². The normalized spacial score (nSPS) is 12.0. The summed E-state index contributed by atoms with van der Waals surface area (Å²) >= 11 is 3.45. The average Bonchev–Trinajstić information content (AvgIpc) is 2.51. The smallest absolute Gasteiger partial charge is 0.125 e. The molecule has 0 aliphatic carbocycles. The second-order valence-electron chi connectivity index (χ2n) is 4.46. The minimum absolute atomic E-state index is 0.212. The first-order valence-electron chi connectivity index (χ1n) is 6.72. The molecule has 0 fully saturated rings. The van der Waals surface area contributed by atoms with Crippen LogP contribution in [0.15, 0.2) is 46.9 Å². The van der Waals surface area contributed by atoms with Crippen LogP contribution >= 0.6 is 15.9 Å². The lowest BCUT2D eigenvalue weighted by Crippen LogP contribution is -2.29. The molecule has 2 aromatic rings. The summed E-state index contributed by atoms with van der Waals surface area (Å²) in [5.74, 6) is 7.37. The summed E-state index contributed by atoms with van der Waals surface area (Å²) in [7, 11) is 1.65. The molecule has 0 aliphatic rings. The highest BCUT2D eigenvalue weighted by atomic mass is 79.9. The van der Waals surface area contributed by atoms with Crippen molar-refractivity contribution in [2.45, 2.75) is 13.0 Å². The summed E-state index contributed by atoms with van der Waals surface area (Å²) in [6, 6.07) is 13.5. The van der Waals surface area contributed by atoms with Crippen molar-refractivity contribution in [2.24, 2.45) is 5.84 Å². The van der Waals surface area contributed by atoms with Crippen molar-refractivity contribution >= 4 is 15.9 Å². The van der Waals surface area contributed by atoms with E-state index in [2.05, 4.69) is 21.4 Å². The zero-order valence-electron chi connectivity index (χ0n) is 12.1. The molecule has 2 aromatic carbocycles. The molecule has 0 aliphatic heterocycles. The van der Waals surface area contributed by atoms with Crippen molar-refractivity contribution in [3.8, 4) is 11.5 Å². The van der Waals surface area contributed by atoms with E-state index < -0.39 is 0 Å². The summed E-state index contributed by atoms with van der Waals surface area (Å²) in [5, 5.41) is 0. The van der Waals surface area contributed by atoms with E-state index in [1.807, 2.05) is 49.4 Å². The van der Waals surface area contributed by atoms with Crippen molar-refractivity contribution < 1.29 is 9.47 Å². The van der Waals surface area contributed by atoms with E-state index in [4.69, 9.17) is 15.3 Å². The summed E-state index contributed by atoms with van der Waals surface area (Å²) in [6.07, 6.45) is 0. The Balaban J connectivity index is 2.49. The van der Waals surface area contributed by atoms with Gasteiger partial charge in [0.25, 0.3) is 0 Å². The maximum absolute atomic E-state index is 5.79. The fourth-order valence-corrected chi connectivity index (χ4v) is 2.62. The standard InChI is InChI=1S/C16H19BrN2O2/c1-3-21-14-7-5-4-6-12(14)16(19-18)13-9-8-11(17)10-15(13)20-2/h4-10,16,19H,3,18H2,1-2H3. The summed E-state index contributed by atoms with van der Waals surface area (Å²) in [5.41, 5.74) is 4.78. The van der Waals surface area contributed by atoms with Crippen LogP contribution in [0.2, 0.25) is 0 Å². The Morgan fingerprint density at radius 1 is 1.14 bits per heavy atom. The first-order valence-corrected chi connectivity index (χ1v) is 7.51. The molecule has 112 valence electrons. The van der Waals surface area contributed by atoms with E-state index in [0.717, 1.165) is 27.1 Å². The third-order valence-electron chi connectivity index (χ3n) is 3.20. The third kappa shape index (κ3) is 3.56. The molecule has 0 spiro atoms. The number of hydrazine groups is 1. The Kier molecular flexibility index (Phi) is 5.61. The van der Waals surface area contributed by atoms with Crippen LogP contribution in [0.4, 0.5) is 0 Å². The van der Waals surface area contributed by atoms with E-state index in [1.165, 1.54) is 0 Å². The van der Waals surface area contributed by atoms with Gasteiger partial charge >= 0.3 is 0 Å². The molecule has 0 saturated carbocycles. The maximum atomic E-state index is 5.79. The number of ether oxygens (including phenoxy) is 2. The molecule has 0 bridgehead atoms. The molecule has 0 saturated heterocycles. The molecule has 3 N–H and O–H groups in total. The number of rotatable bonds is 6. The lowest BCUT2D eigenvalue weighted by molar-refractivity contribution is 0.333. The van der Waals surface area contributed by atoms with Gasteiger partial charge in [-0.3, -0.25) is 5.84 Å². The van der Waals surface area contributed by atoms with Crippen LogP contribution in [0.3, 0.4) is 0 Å².